The Morgan fingerprint density at radius 1 is 0.647 bits per heavy atom. The summed E-state index contributed by atoms with van der Waals surface area (Å²) in [6.07, 6.45) is 8.41. The molecule has 8 aromatic rings. The molecule has 0 saturated carbocycles. The van der Waals surface area contributed by atoms with Crippen molar-refractivity contribution in [3.05, 3.63) is 228 Å². The van der Waals surface area contributed by atoms with E-state index in [2.05, 4.69) is 238 Å². The quantitative estimate of drug-likeness (QED) is 0.106. The van der Waals surface area contributed by atoms with Crippen LogP contribution in [-0.2, 0) is 26.5 Å². The monoisotopic (exact) mass is 1070 g/mol. The summed E-state index contributed by atoms with van der Waals surface area (Å²) in [5.41, 5.74) is 14.5. The first kappa shape index (κ1) is 45.0. The average Bonchev–Trinajstić information content (AvgIpc) is 3.89. The van der Waals surface area contributed by atoms with Crippen LogP contribution < -0.4 is 14.5 Å². The van der Waals surface area contributed by atoms with Gasteiger partial charge >= 0.3 is 6.85 Å². The molecule has 340 valence electrons. The Bertz CT molecular complexity index is 3320. The first-order chi connectivity index (χ1) is 32.5. The fourth-order valence-corrected chi connectivity index (χ4v) is 9.62. The third kappa shape index (κ3) is 8.11. The van der Waals surface area contributed by atoms with Crippen LogP contribution in [0.15, 0.2) is 182 Å². The van der Waals surface area contributed by atoms with Gasteiger partial charge in [-0.1, -0.05) is 151 Å². The molecule has 0 amide bonds. The van der Waals surface area contributed by atoms with E-state index in [-0.39, 0.29) is 33.3 Å². The maximum atomic E-state index is 6.71. The van der Waals surface area contributed by atoms with Crippen LogP contribution in [0.1, 0.15) is 88.1 Å². The van der Waals surface area contributed by atoms with Gasteiger partial charge in [0.05, 0.1) is 5.70 Å². The Hall–Kier alpha value is -6.82. The molecule has 0 spiro atoms. The minimum absolute atomic E-state index is 0. The number of allylic oxidation sites excluding steroid dienone is 3. The first-order valence-corrected chi connectivity index (χ1v) is 23.5. The molecule has 0 saturated heterocycles. The van der Waals surface area contributed by atoms with Gasteiger partial charge in [0.15, 0.2) is 0 Å². The molecule has 0 radical (unpaired) electrons. The number of para-hydroxylation sites is 3. The number of ether oxygens (including phenoxy) is 1. The van der Waals surface area contributed by atoms with E-state index in [1.54, 1.807) is 0 Å². The van der Waals surface area contributed by atoms with Crippen LogP contribution in [0.2, 0.25) is 0 Å². The number of pyridine rings is 1. The van der Waals surface area contributed by atoms with Gasteiger partial charge in [0.1, 0.15) is 5.82 Å². The second-order valence-corrected chi connectivity index (χ2v) is 19.4. The number of hydrogen-bond acceptors (Lipinski definition) is 5. The SMILES string of the molecule is CC(C)c1ccc(C2=CB3C=CC=CN3C(c3ccc(C(C)C)cc3)=C2N2[CH-]N(c3[c-]c(Oc4[c-]c5c(cc4)c4ccccc4n5-c4cc(C(C)(C)C)ccn4)ccc3)c3ccccc32)cc1.[Pt]. The first-order valence-electron chi connectivity index (χ1n) is 23.5. The van der Waals surface area contributed by atoms with E-state index in [9.17, 15) is 0 Å². The molecule has 6 nitrogen and oxygen atoms in total. The molecule has 3 aliphatic rings. The zero-order valence-electron chi connectivity index (χ0n) is 39.5. The minimum Gasteiger partial charge on any atom is -0.509 e. The summed E-state index contributed by atoms with van der Waals surface area (Å²) < 4.78 is 8.90. The molecule has 8 heteroatoms. The van der Waals surface area contributed by atoms with Crippen molar-refractivity contribution in [2.75, 3.05) is 9.80 Å². The molecular weight excluding hydrogens is 1010 g/mol. The molecule has 3 aliphatic heterocycles. The van der Waals surface area contributed by atoms with E-state index in [1.165, 1.54) is 27.8 Å². The van der Waals surface area contributed by atoms with Gasteiger partial charge in [-0.2, -0.15) is 12.1 Å². The van der Waals surface area contributed by atoms with E-state index < -0.39 is 0 Å². The van der Waals surface area contributed by atoms with Gasteiger partial charge in [-0.3, -0.25) is 0 Å². The molecule has 6 aromatic carbocycles. The number of hydrogen-bond donors (Lipinski definition) is 0. The number of anilines is 3. The zero-order chi connectivity index (χ0) is 46.0. The van der Waals surface area contributed by atoms with Crippen molar-refractivity contribution >= 4 is 57.0 Å². The molecule has 0 fully saturated rings. The molecule has 11 rings (SSSR count). The summed E-state index contributed by atoms with van der Waals surface area (Å²) in [4.78, 5) is 11.9. The van der Waals surface area contributed by atoms with E-state index >= 15 is 0 Å². The summed E-state index contributed by atoms with van der Waals surface area (Å²) in [5, 5.41) is 2.23. The van der Waals surface area contributed by atoms with Gasteiger partial charge < -0.3 is 23.9 Å². The summed E-state index contributed by atoms with van der Waals surface area (Å²) >= 11 is 0. The predicted octanol–water partition coefficient (Wildman–Crippen LogP) is 15.1. The van der Waals surface area contributed by atoms with Crippen LogP contribution in [0.3, 0.4) is 0 Å². The second-order valence-electron chi connectivity index (χ2n) is 19.4. The summed E-state index contributed by atoms with van der Waals surface area (Å²) in [6.45, 7) is 18.0. The number of aromatic nitrogens is 2. The van der Waals surface area contributed by atoms with Crippen LogP contribution in [0, 0.1) is 18.8 Å². The Labute approximate surface area is 416 Å². The number of rotatable bonds is 9. The topological polar surface area (TPSA) is 36.8 Å². The summed E-state index contributed by atoms with van der Waals surface area (Å²) in [5.74, 6) is 7.60. The molecule has 68 heavy (non-hydrogen) atoms. The minimum atomic E-state index is -0.0290. The Morgan fingerprint density at radius 2 is 1.32 bits per heavy atom. The standard InChI is InChI=1S/C60H53BN5O.Pt/c1-40(2)42-21-25-44(26-22-42)52-38-61-32-12-13-34-65(61)58(45-27-23-43(24-28-45)41(3)4)59(52)64-39-63(54-19-10-11-20-55(54)64)47-15-14-16-48(36-47)67-49-29-30-51-50-17-8-9-18-53(50)66(56(51)37-49)57-35-46(31-33-62-57)60(5,6)7;/h8-35,38-41H,1-7H3;/q-3;. The van der Waals surface area contributed by atoms with Crippen LogP contribution >= 0.6 is 0 Å². The average molecular weight is 1070 g/mol. The van der Waals surface area contributed by atoms with Crippen LogP contribution in [0.25, 0.3) is 38.9 Å². The maximum absolute atomic E-state index is 6.71. The van der Waals surface area contributed by atoms with Crippen LogP contribution in [-0.4, -0.2) is 21.2 Å². The van der Waals surface area contributed by atoms with Crippen LogP contribution in [0.5, 0.6) is 11.5 Å². The van der Waals surface area contributed by atoms with Gasteiger partial charge in [0, 0.05) is 61.3 Å². The van der Waals surface area contributed by atoms with Crippen molar-refractivity contribution in [3.8, 4) is 17.3 Å². The van der Waals surface area contributed by atoms with Crippen molar-refractivity contribution in [2.45, 2.75) is 65.7 Å². The van der Waals surface area contributed by atoms with Gasteiger partial charge in [-0.05, 0) is 98.6 Å². The third-order valence-corrected chi connectivity index (χ3v) is 13.3. The van der Waals surface area contributed by atoms with Crippen molar-refractivity contribution in [3.63, 3.8) is 0 Å². The van der Waals surface area contributed by atoms with Gasteiger partial charge in [-0.15, -0.1) is 48.1 Å². The maximum Gasteiger partial charge on any atom is 0.313 e. The van der Waals surface area contributed by atoms with Crippen molar-refractivity contribution < 1.29 is 25.8 Å². The van der Waals surface area contributed by atoms with Crippen molar-refractivity contribution in [1.29, 1.82) is 0 Å². The number of nitrogens with zero attached hydrogens (tertiary/aromatic N) is 5. The van der Waals surface area contributed by atoms with E-state index in [0.717, 1.165) is 61.6 Å². The summed E-state index contributed by atoms with van der Waals surface area (Å²) in [7, 11) is 0. The van der Waals surface area contributed by atoms with Crippen molar-refractivity contribution in [2.24, 2.45) is 0 Å². The Morgan fingerprint density at radius 3 is 2.04 bits per heavy atom. The largest absolute Gasteiger partial charge is 0.509 e. The van der Waals surface area contributed by atoms with E-state index in [0.29, 0.717) is 23.3 Å². The van der Waals surface area contributed by atoms with E-state index in [4.69, 9.17) is 9.72 Å². The second kappa shape index (κ2) is 18.0. The van der Waals surface area contributed by atoms with Gasteiger partial charge in [0.2, 0.25) is 0 Å². The van der Waals surface area contributed by atoms with Gasteiger partial charge in [0.25, 0.3) is 0 Å². The fraction of sp³-hybridized carbons (Fsp3) is 0.167. The molecule has 2 aromatic heterocycles. The zero-order valence-corrected chi connectivity index (χ0v) is 41.8. The molecule has 0 N–H and O–H groups in total. The van der Waals surface area contributed by atoms with E-state index in [1.807, 2.05) is 24.4 Å². The molecule has 0 unspecified atom stereocenters. The predicted molar refractivity (Wildman–Crippen MR) is 279 cm³/mol. The molecule has 0 atom stereocenters. The Kier molecular flexibility index (Phi) is 11.9. The Balaban J connectivity index is 0.00000539. The van der Waals surface area contributed by atoms with Crippen molar-refractivity contribution in [1.82, 2.24) is 14.4 Å². The molecule has 0 aliphatic carbocycles. The smallest absolute Gasteiger partial charge is 0.313 e. The molecule has 5 heterocycles. The number of fused-ring (bicyclic) bond motifs is 5. The molecule has 0 bridgehead atoms. The van der Waals surface area contributed by atoms with Crippen LogP contribution in [0.4, 0.5) is 17.1 Å². The normalized spacial score (nSPS) is 14.6. The number of benzene rings is 6. The van der Waals surface area contributed by atoms with Gasteiger partial charge in [-0.25, -0.2) is 4.98 Å². The molecular formula is C60H53BN5OPt-3. The third-order valence-electron chi connectivity index (χ3n) is 13.3. The summed E-state index contributed by atoms with van der Waals surface area (Å²) in [6, 6.07) is 57.2. The fourth-order valence-electron chi connectivity index (χ4n) is 9.62.